The van der Waals surface area contributed by atoms with Gasteiger partial charge in [0, 0.05) is 29.6 Å². The van der Waals surface area contributed by atoms with E-state index >= 15 is 0 Å². The van der Waals surface area contributed by atoms with Crippen molar-refractivity contribution in [1.29, 1.82) is 0 Å². The van der Waals surface area contributed by atoms with E-state index in [-0.39, 0.29) is 33.8 Å². The van der Waals surface area contributed by atoms with Crippen molar-refractivity contribution >= 4 is 46.0 Å². The highest BCUT2D eigenvalue weighted by atomic mass is 35.5. The van der Waals surface area contributed by atoms with E-state index in [2.05, 4.69) is 5.32 Å². The number of hydrogen-bond acceptors (Lipinski definition) is 7. The Bertz CT molecular complexity index is 1250. The third-order valence-electron chi connectivity index (χ3n) is 4.94. The topological polar surface area (TPSA) is 104 Å². The molecule has 8 nitrogen and oxygen atoms in total. The van der Waals surface area contributed by atoms with Gasteiger partial charge in [-0.1, -0.05) is 23.2 Å². The molecule has 1 saturated heterocycles. The SMILES string of the molecule is O=C(COc1ccc(Cl)cc1Cl)Oc1ccc2cc(C(=O)NCC3CCCO3)c(=O)oc2c1. The van der Waals surface area contributed by atoms with Crippen molar-refractivity contribution in [1.82, 2.24) is 5.32 Å². The molecule has 1 unspecified atom stereocenters. The summed E-state index contributed by atoms with van der Waals surface area (Å²) in [6.07, 6.45) is 1.77. The first kappa shape index (κ1) is 23.1. The average Bonchev–Trinajstić information content (AvgIpc) is 3.30. The number of esters is 1. The van der Waals surface area contributed by atoms with Crippen LogP contribution in [-0.4, -0.2) is 37.7 Å². The number of rotatable bonds is 7. The zero-order chi connectivity index (χ0) is 23.4. The summed E-state index contributed by atoms with van der Waals surface area (Å²) < 4.78 is 21.3. The maximum absolute atomic E-state index is 12.4. The van der Waals surface area contributed by atoms with E-state index in [9.17, 15) is 14.4 Å². The molecule has 1 aromatic heterocycles. The third kappa shape index (κ3) is 5.84. The Morgan fingerprint density at radius 3 is 2.73 bits per heavy atom. The first-order chi connectivity index (χ1) is 15.9. The minimum absolute atomic E-state index is 0.0432. The van der Waals surface area contributed by atoms with Gasteiger partial charge in [0.25, 0.3) is 5.91 Å². The van der Waals surface area contributed by atoms with E-state index in [1.165, 1.54) is 30.3 Å². The van der Waals surface area contributed by atoms with E-state index in [0.717, 1.165) is 12.8 Å². The van der Waals surface area contributed by atoms with Gasteiger partial charge in [0.05, 0.1) is 11.1 Å². The summed E-state index contributed by atoms with van der Waals surface area (Å²) in [5.74, 6) is -0.785. The summed E-state index contributed by atoms with van der Waals surface area (Å²) in [5.41, 5.74) is -0.738. The molecule has 0 saturated carbocycles. The smallest absolute Gasteiger partial charge is 0.349 e. The number of carbonyl (C=O) groups is 2. The third-order valence-corrected chi connectivity index (χ3v) is 5.47. The van der Waals surface area contributed by atoms with Gasteiger partial charge in [0.15, 0.2) is 6.61 Å². The van der Waals surface area contributed by atoms with Crippen LogP contribution in [0.1, 0.15) is 23.2 Å². The normalized spacial score (nSPS) is 15.4. The van der Waals surface area contributed by atoms with E-state index in [1.54, 1.807) is 12.1 Å². The number of hydrogen-bond donors (Lipinski definition) is 1. The summed E-state index contributed by atoms with van der Waals surface area (Å²) in [4.78, 5) is 36.8. The standard InChI is InChI=1S/C23H19Cl2NO7/c24-14-4-6-19(18(25)9-14)31-12-21(27)32-15-5-3-13-8-17(23(29)33-20(13)10-15)22(28)26-11-16-2-1-7-30-16/h3-6,8-10,16H,1-2,7,11-12H2,(H,26,28). The molecule has 1 fully saturated rings. The molecule has 1 amide bonds. The average molecular weight is 492 g/mol. The van der Waals surface area contributed by atoms with Gasteiger partial charge in [0.1, 0.15) is 22.6 Å². The molecule has 0 bridgehead atoms. The fourth-order valence-electron chi connectivity index (χ4n) is 3.31. The molecule has 0 spiro atoms. The van der Waals surface area contributed by atoms with Crippen LogP contribution in [0, 0.1) is 0 Å². The van der Waals surface area contributed by atoms with Gasteiger partial charge in [-0.3, -0.25) is 4.79 Å². The lowest BCUT2D eigenvalue weighted by molar-refractivity contribution is -0.136. The van der Waals surface area contributed by atoms with Crippen LogP contribution in [0.15, 0.2) is 51.7 Å². The first-order valence-corrected chi connectivity index (χ1v) is 10.9. The van der Waals surface area contributed by atoms with Crippen LogP contribution >= 0.6 is 23.2 Å². The molecule has 2 heterocycles. The van der Waals surface area contributed by atoms with E-state index in [1.807, 2.05) is 0 Å². The van der Waals surface area contributed by atoms with Crippen molar-refractivity contribution in [3.63, 3.8) is 0 Å². The number of amides is 1. The van der Waals surface area contributed by atoms with Crippen LogP contribution in [0.2, 0.25) is 10.0 Å². The number of halogens is 2. The van der Waals surface area contributed by atoms with E-state index < -0.39 is 24.1 Å². The van der Waals surface area contributed by atoms with Gasteiger partial charge in [-0.15, -0.1) is 0 Å². The summed E-state index contributed by atoms with van der Waals surface area (Å²) in [6.45, 7) is 0.605. The summed E-state index contributed by atoms with van der Waals surface area (Å²) >= 11 is 11.8. The Morgan fingerprint density at radius 2 is 1.97 bits per heavy atom. The van der Waals surface area contributed by atoms with Crippen molar-refractivity contribution in [2.24, 2.45) is 0 Å². The first-order valence-electron chi connectivity index (χ1n) is 10.2. The van der Waals surface area contributed by atoms with Crippen LogP contribution in [0.4, 0.5) is 0 Å². The van der Waals surface area contributed by atoms with Crippen molar-refractivity contribution in [2.45, 2.75) is 18.9 Å². The predicted octanol–water partition coefficient (Wildman–Crippen LogP) is 3.99. The Kier molecular flexibility index (Phi) is 7.17. The van der Waals surface area contributed by atoms with Gasteiger partial charge in [-0.25, -0.2) is 9.59 Å². The molecule has 172 valence electrons. The summed E-state index contributed by atoms with van der Waals surface area (Å²) in [6, 6.07) is 10.5. The van der Waals surface area contributed by atoms with Crippen LogP contribution in [0.25, 0.3) is 11.0 Å². The van der Waals surface area contributed by atoms with Crippen molar-refractivity contribution in [3.05, 3.63) is 68.5 Å². The summed E-state index contributed by atoms with van der Waals surface area (Å²) in [7, 11) is 0. The number of benzene rings is 2. The fourth-order valence-corrected chi connectivity index (χ4v) is 3.77. The largest absolute Gasteiger partial charge is 0.480 e. The molecular weight excluding hydrogens is 473 g/mol. The molecule has 0 radical (unpaired) electrons. The van der Waals surface area contributed by atoms with Crippen molar-refractivity contribution in [2.75, 3.05) is 19.8 Å². The molecule has 4 rings (SSSR count). The zero-order valence-corrected chi connectivity index (χ0v) is 18.8. The molecule has 1 aliphatic rings. The van der Waals surface area contributed by atoms with Gasteiger partial charge < -0.3 is 23.9 Å². The predicted molar refractivity (Wildman–Crippen MR) is 121 cm³/mol. The lowest BCUT2D eigenvalue weighted by Crippen LogP contribution is -2.34. The Labute approximate surface area is 198 Å². The second kappa shape index (κ2) is 10.2. The lowest BCUT2D eigenvalue weighted by atomic mass is 10.1. The molecule has 0 aliphatic carbocycles. The Hall–Kier alpha value is -3.07. The van der Waals surface area contributed by atoms with Crippen LogP contribution in [0.3, 0.4) is 0 Å². The van der Waals surface area contributed by atoms with Gasteiger partial charge in [-0.2, -0.15) is 0 Å². The number of fused-ring (bicyclic) bond motifs is 1. The number of nitrogens with one attached hydrogen (secondary N) is 1. The lowest BCUT2D eigenvalue weighted by Gasteiger charge is -2.11. The Morgan fingerprint density at radius 1 is 1.12 bits per heavy atom. The van der Waals surface area contributed by atoms with E-state index in [4.69, 9.17) is 41.8 Å². The van der Waals surface area contributed by atoms with Crippen molar-refractivity contribution < 1.29 is 28.2 Å². The highest BCUT2D eigenvalue weighted by Crippen LogP contribution is 2.27. The summed E-state index contributed by atoms with van der Waals surface area (Å²) in [5, 5.41) is 3.90. The van der Waals surface area contributed by atoms with Crippen LogP contribution in [0.5, 0.6) is 11.5 Å². The second-order valence-corrected chi connectivity index (χ2v) is 8.17. The Balaban J connectivity index is 1.40. The monoisotopic (exact) mass is 491 g/mol. The molecule has 1 N–H and O–H groups in total. The zero-order valence-electron chi connectivity index (χ0n) is 17.3. The molecular formula is C23H19Cl2NO7. The number of carbonyl (C=O) groups excluding carboxylic acids is 2. The highest BCUT2D eigenvalue weighted by molar-refractivity contribution is 6.35. The molecule has 1 atom stereocenters. The molecule has 3 aromatic rings. The number of ether oxygens (including phenoxy) is 3. The van der Waals surface area contributed by atoms with Gasteiger partial charge >= 0.3 is 11.6 Å². The molecule has 1 aliphatic heterocycles. The fraction of sp³-hybridized carbons (Fsp3) is 0.261. The van der Waals surface area contributed by atoms with Crippen LogP contribution < -0.4 is 20.4 Å². The highest BCUT2D eigenvalue weighted by Gasteiger charge is 2.19. The minimum atomic E-state index is -0.795. The van der Waals surface area contributed by atoms with Crippen LogP contribution in [-0.2, 0) is 9.53 Å². The molecule has 33 heavy (non-hydrogen) atoms. The van der Waals surface area contributed by atoms with Gasteiger partial charge in [-0.05, 0) is 49.2 Å². The van der Waals surface area contributed by atoms with E-state index in [0.29, 0.717) is 23.6 Å². The van der Waals surface area contributed by atoms with Crippen molar-refractivity contribution in [3.8, 4) is 11.5 Å². The van der Waals surface area contributed by atoms with Gasteiger partial charge in [0.2, 0.25) is 0 Å². The molecule has 10 heteroatoms. The molecule has 2 aromatic carbocycles. The maximum atomic E-state index is 12.4. The maximum Gasteiger partial charge on any atom is 0.349 e. The second-order valence-electron chi connectivity index (χ2n) is 7.33. The minimum Gasteiger partial charge on any atom is -0.480 e. The quantitative estimate of drug-likeness (QED) is 0.302.